The van der Waals surface area contributed by atoms with Crippen LogP contribution in [-0.4, -0.2) is 61.2 Å². The molecule has 2 fully saturated rings. The first-order valence-corrected chi connectivity index (χ1v) is 8.02. The number of hydrogen-bond acceptors (Lipinski definition) is 3. The van der Waals surface area contributed by atoms with Gasteiger partial charge in [-0.3, -0.25) is 0 Å². The van der Waals surface area contributed by atoms with Gasteiger partial charge < -0.3 is 15.1 Å². The molecule has 19 heavy (non-hydrogen) atoms. The number of nitrogens with zero attached hydrogens (tertiary/aromatic N) is 2. The monoisotopic (exact) mass is 267 g/mol. The fourth-order valence-electron chi connectivity index (χ4n) is 3.44. The van der Waals surface area contributed by atoms with Gasteiger partial charge >= 0.3 is 0 Å². The van der Waals surface area contributed by atoms with Crippen molar-refractivity contribution in [1.82, 2.24) is 15.1 Å². The molecular weight excluding hydrogens is 234 g/mol. The van der Waals surface area contributed by atoms with Crippen LogP contribution < -0.4 is 5.32 Å². The first kappa shape index (κ1) is 15.3. The molecule has 0 amide bonds. The van der Waals surface area contributed by atoms with Gasteiger partial charge in [-0.1, -0.05) is 0 Å². The standard InChI is InChI=1S/C16H33N3/c1-16(2,3)17-12-13-6-7-15(13)19(5)14-8-10-18(4)11-9-14/h13-15,17H,6-12H2,1-5H3. The van der Waals surface area contributed by atoms with Gasteiger partial charge in [0.1, 0.15) is 0 Å². The Labute approximate surface area is 119 Å². The highest BCUT2D eigenvalue weighted by Crippen LogP contribution is 2.34. The summed E-state index contributed by atoms with van der Waals surface area (Å²) in [5.41, 5.74) is 0.256. The molecule has 3 heteroatoms. The maximum atomic E-state index is 3.68. The summed E-state index contributed by atoms with van der Waals surface area (Å²) in [5.74, 6) is 0.865. The molecule has 0 aromatic rings. The Hall–Kier alpha value is -0.120. The summed E-state index contributed by atoms with van der Waals surface area (Å²) in [4.78, 5) is 5.16. The third-order valence-corrected chi connectivity index (χ3v) is 5.06. The molecule has 2 aliphatic rings. The van der Waals surface area contributed by atoms with Gasteiger partial charge in [0.05, 0.1) is 0 Å². The number of nitrogens with one attached hydrogen (secondary N) is 1. The lowest BCUT2D eigenvalue weighted by molar-refractivity contribution is 0.0244. The molecule has 0 spiro atoms. The van der Waals surface area contributed by atoms with Crippen molar-refractivity contribution in [3.05, 3.63) is 0 Å². The second-order valence-electron chi connectivity index (χ2n) is 7.74. The van der Waals surface area contributed by atoms with Crippen molar-refractivity contribution in [3.8, 4) is 0 Å². The predicted molar refractivity (Wildman–Crippen MR) is 82.5 cm³/mol. The van der Waals surface area contributed by atoms with Crippen LogP contribution in [0.1, 0.15) is 46.5 Å². The molecule has 1 aliphatic carbocycles. The highest BCUT2D eigenvalue weighted by atomic mass is 15.2. The van der Waals surface area contributed by atoms with E-state index in [1.54, 1.807) is 0 Å². The van der Waals surface area contributed by atoms with Gasteiger partial charge in [0.15, 0.2) is 0 Å². The van der Waals surface area contributed by atoms with Crippen LogP contribution in [0.5, 0.6) is 0 Å². The average Bonchev–Trinajstić information content (AvgIpc) is 2.26. The summed E-state index contributed by atoms with van der Waals surface area (Å²) >= 11 is 0. The predicted octanol–water partition coefficient (Wildman–Crippen LogP) is 2.18. The summed E-state index contributed by atoms with van der Waals surface area (Å²) in [5, 5.41) is 3.68. The summed E-state index contributed by atoms with van der Waals surface area (Å²) in [6.45, 7) is 10.5. The Morgan fingerprint density at radius 3 is 2.21 bits per heavy atom. The molecule has 1 aliphatic heterocycles. The lowest BCUT2D eigenvalue weighted by atomic mass is 9.77. The normalized spacial score (nSPS) is 30.6. The minimum absolute atomic E-state index is 0.256. The van der Waals surface area contributed by atoms with Gasteiger partial charge in [0.2, 0.25) is 0 Å². The van der Waals surface area contributed by atoms with E-state index >= 15 is 0 Å². The van der Waals surface area contributed by atoms with E-state index in [0.717, 1.165) is 18.0 Å². The van der Waals surface area contributed by atoms with Crippen molar-refractivity contribution in [2.75, 3.05) is 33.7 Å². The zero-order chi connectivity index (χ0) is 14.0. The minimum atomic E-state index is 0.256. The molecule has 2 unspecified atom stereocenters. The van der Waals surface area contributed by atoms with Crippen LogP contribution in [0, 0.1) is 5.92 Å². The fraction of sp³-hybridized carbons (Fsp3) is 1.00. The third-order valence-electron chi connectivity index (χ3n) is 5.06. The van der Waals surface area contributed by atoms with Gasteiger partial charge in [-0.05, 0) is 86.1 Å². The Balaban J connectivity index is 1.78. The van der Waals surface area contributed by atoms with Gasteiger partial charge in [0, 0.05) is 17.6 Å². The van der Waals surface area contributed by atoms with Crippen LogP contribution in [0.2, 0.25) is 0 Å². The van der Waals surface area contributed by atoms with Gasteiger partial charge in [-0.2, -0.15) is 0 Å². The van der Waals surface area contributed by atoms with E-state index < -0.39 is 0 Å². The molecule has 0 aromatic carbocycles. The van der Waals surface area contributed by atoms with E-state index in [2.05, 4.69) is 50.0 Å². The van der Waals surface area contributed by atoms with Crippen molar-refractivity contribution in [2.45, 2.75) is 64.1 Å². The van der Waals surface area contributed by atoms with Crippen molar-refractivity contribution < 1.29 is 0 Å². The Bertz CT molecular complexity index is 276. The largest absolute Gasteiger partial charge is 0.312 e. The smallest absolute Gasteiger partial charge is 0.0136 e. The van der Waals surface area contributed by atoms with E-state index in [-0.39, 0.29) is 5.54 Å². The molecule has 1 heterocycles. The average molecular weight is 267 g/mol. The molecule has 2 rings (SSSR count). The van der Waals surface area contributed by atoms with Gasteiger partial charge in [-0.25, -0.2) is 0 Å². The highest BCUT2D eigenvalue weighted by Gasteiger charge is 2.37. The Kier molecular flexibility index (Phi) is 4.91. The highest BCUT2D eigenvalue weighted by molar-refractivity contribution is 4.93. The summed E-state index contributed by atoms with van der Waals surface area (Å²) in [6.07, 6.45) is 5.51. The first-order chi connectivity index (χ1) is 8.87. The molecule has 3 nitrogen and oxygen atoms in total. The summed E-state index contributed by atoms with van der Waals surface area (Å²) in [7, 11) is 4.61. The second kappa shape index (κ2) is 6.11. The molecule has 112 valence electrons. The fourth-order valence-corrected chi connectivity index (χ4v) is 3.44. The third kappa shape index (κ3) is 4.17. The van der Waals surface area contributed by atoms with Crippen LogP contribution in [-0.2, 0) is 0 Å². The summed E-state index contributed by atoms with van der Waals surface area (Å²) in [6, 6.07) is 1.64. The number of likely N-dealkylation sites (tertiary alicyclic amines) is 1. The van der Waals surface area contributed by atoms with Crippen molar-refractivity contribution >= 4 is 0 Å². The maximum Gasteiger partial charge on any atom is 0.0136 e. The molecule has 2 atom stereocenters. The van der Waals surface area contributed by atoms with Crippen molar-refractivity contribution in [2.24, 2.45) is 5.92 Å². The van der Waals surface area contributed by atoms with Crippen molar-refractivity contribution in [3.63, 3.8) is 0 Å². The van der Waals surface area contributed by atoms with Crippen LogP contribution >= 0.6 is 0 Å². The van der Waals surface area contributed by atoms with Gasteiger partial charge in [0.25, 0.3) is 0 Å². The molecule has 1 N–H and O–H groups in total. The number of piperidine rings is 1. The van der Waals surface area contributed by atoms with E-state index in [4.69, 9.17) is 0 Å². The van der Waals surface area contributed by atoms with Gasteiger partial charge in [-0.15, -0.1) is 0 Å². The van der Waals surface area contributed by atoms with E-state index in [1.807, 2.05) is 0 Å². The molecule has 0 radical (unpaired) electrons. The SMILES string of the molecule is CN1CCC(N(C)C2CCC2CNC(C)(C)C)CC1. The van der Waals surface area contributed by atoms with Crippen LogP contribution in [0.4, 0.5) is 0 Å². The van der Waals surface area contributed by atoms with E-state index in [9.17, 15) is 0 Å². The number of hydrogen-bond donors (Lipinski definition) is 1. The number of rotatable bonds is 4. The topological polar surface area (TPSA) is 18.5 Å². The molecule has 0 aromatic heterocycles. The molecule has 1 saturated carbocycles. The van der Waals surface area contributed by atoms with E-state index in [0.29, 0.717) is 0 Å². The van der Waals surface area contributed by atoms with Crippen LogP contribution in [0.3, 0.4) is 0 Å². The van der Waals surface area contributed by atoms with E-state index in [1.165, 1.54) is 45.3 Å². The lowest BCUT2D eigenvalue weighted by Crippen LogP contribution is -2.55. The first-order valence-electron chi connectivity index (χ1n) is 8.02. The molecular formula is C16H33N3. The molecule has 0 bridgehead atoms. The van der Waals surface area contributed by atoms with Crippen molar-refractivity contribution in [1.29, 1.82) is 0 Å². The lowest BCUT2D eigenvalue weighted by Gasteiger charge is -2.48. The zero-order valence-electron chi connectivity index (χ0n) is 13.6. The second-order valence-corrected chi connectivity index (χ2v) is 7.74. The quantitative estimate of drug-likeness (QED) is 0.842. The Morgan fingerprint density at radius 2 is 1.74 bits per heavy atom. The van der Waals surface area contributed by atoms with Crippen LogP contribution in [0.25, 0.3) is 0 Å². The Morgan fingerprint density at radius 1 is 1.11 bits per heavy atom. The minimum Gasteiger partial charge on any atom is -0.312 e. The van der Waals surface area contributed by atoms with Crippen LogP contribution in [0.15, 0.2) is 0 Å². The summed E-state index contributed by atoms with van der Waals surface area (Å²) < 4.78 is 0. The molecule has 1 saturated heterocycles. The maximum absolute atomic E-state index is 3.68. The zero-order valence-corrected chi connectivity index (χ0v) is 13.6.